The molecule has 1 fully saturated rings. The molecule has 0 spiro atoms. The highest BCUT2D eigenvalue weighted by Gasteiger charge is 2.28. The number of rotatable bonds is 2. The molecule has 2 atom stereocenters. The Morgan fingerprint density at radius 2 is 2.32 bits per heavy atom. The fourth-order valence-corrected chi connectivity index (χ4v) is 2.76. The van der Waals surface area contributed by atoms with Crippen molar-refractivity contribution in [1.82, 2.24) is 9.88 Å². The molecule has 0 aliphatic carbocycles. The fraction of sp³-hybridized carbons (Fsp3) is 0.400. The number of fused-ring (bicyclic) bond motifs is 1. The summed E-state index contributed by atoms with van der Waals surface area (Å²) in [6, 6.07) is 7.97. The number of benzene rings is 1. The number of aromatic amines is 1. The Bertz CT molecular complexity index is 602. The molecule has 3 rings (SSSR count). The SMILES string of the molecule is CC(N)C1CCN(C(=O)c2ccc3cc[nH]c3c2)C1. The van der Waals surface area contributed by atoms with E-state index in [1.54, 1.807) is 0 Å². The van der Waals surface area contributed by atoms with Gasteiger partial charge in [0.1, 0.15) is 0 Å². The third-order valence-corrected chi connectivity index (χ3v) is 4.06. The molecule has 0 saturated carbocycles. The van der Waals surface area contributed by atoms with Crippen LogP contribution in [0.1, 0.15) is 23.7 Å². The van der Waals surface area contributed by atoms with Crippen molar-refractivity contribution >= 4 is 16.8 Å². The van der Waals surface area contributed by atoms with Gasteiger partial charge in [0.05, 0.1) is 0 Å². The van der Waals surface area contributed by atoms with Crippen LogP contribution in [0, 0.1) is 5.92 Å². The van der Waals surface area contributed by atoms with Crippen LogP contribution in [-0.2, 0) is 0 Å². The van der Waals surface area contributed by atoms with Gasteiger partial charge in [0.15, 0.2) is 0 Å². The largest absolute Gasteiger partial charge is 0.361 e. The standard InChI is InChI=1S/C15H19N3O/c1-10(16)13-5-7-18(9-13)15(19)12-3-2-11-4-6-17-14(11)8-12/h2-4,6,8,10,13,17H,5,7,9,16H2,1H3. The van der Waals surface area contributed by atoms with Crippen LogP contribution in [0.2, 0.25) is 0 Å². The van der Waals surface area contributed by atoms with Crippen molar-refractivity contribution in [2.75, 3.05) is 13.1 Å². The van der Waals surface area contributed by atoms with Gasteiger partial charge < -0.3 is 15.6 Å². The lowest BCUT2D eigenvalue weighted by Crippen LogP contribution is -2.32. The van der Waals surface area contributed by atoms with Gasteiger partial charge in [0, 0.05) is 36.4 Å². The molecule has 1 aromatic carbocycles. The minimum atomic E-state index is 0.111. The lowest BCUT2D eigenvalue weighted by molar-refractivity contribution is 0.0786. The second kappa shape index (κ2) is 4.70. The van der Waals surface area contributed by atoms with E-state index in [1.807, 2.05) is 42.3 Å². The molecule has 19 heavy (non-hydrogen) atoms. The number of carbonyl (C=O) groups is 1. The van der Waals surface area contributed by atoms with E-state index < -0.39 is 0 Å². The summed E-state index contributed by atoms with van der Waals surface area (Å²) in [4.78, 5) is 17.5. The number of nitrogens with one attached hydrogen (secondary N) is 1. The maximum Gasteiger partial charge on any atom is 0.253 e. The smallest absolute Gasteiger partial charge is 0.253 e. The first-order chi connectivity index (χ1) is 9.15. The lowest BCUT2D eigenvalue weighted by Gasteiger charge is -2.18. The Hall–Kier alpha value is -1.81. The molecule has 4 nitrogen and oxygen atoms in total. The zero-order chi connectivity index (χ0) is 13.4. The second-order valence-corrected chi connectivity index (χ2v) is 5.44. The number of amides is 1. The van der Waals surface area contributed by atoms with Crippen molar-refractivity contribution in [2.24, 2.45) is 11.7 Å². The zero-order valence-electron chi connectivity index (χ0n) is 11.1. The molecular weight excluding hydrogens is 238 g/mol. The number of hydrogen-bond acceptors (Lipinski definition) is 2. The van der Waals surface area contributed by atoms with Gasteiger partial charge in [-0.25, -0.2) is 0 Å². The third-order valence-electron chi connectivity index (χ3n) is 4.06. The lowest BCUT2D eigenvalue weighted by atomic mass is 10.0. The quantitative estimate of drug-likeness (QED) is 0.864. The van der Waals surface area contributed by atoms with Crippen LogP contribution in [0.4, 0.5) is 0 Å². The highest BCUT2D eigenvalue weighted by Crippen LogP contribution is 2.22. The molecule has 1 amide bonds. The molecule has 1 aliphatic rings. The first-order valence-electron chi connectivity index (χ1n) is 6.77. The first-order valence-corrected chi connectivity index (χ1v) is 6.77. The van der Waals surface area contributed by atoms with Gasteiger partial charge in [-0.2, -0.15) is 0 Å². The Morgan fingerprint density at radius 3 is 3.05 bits per heavy atom. The summed E-state index contributed by atoms with van der Waals surface area (Å²) in [5.74, 6) is 0.540. The summed E-state index contributed by atoms with van der Waals surface area (Å²) >= 11 is 0. The van der Waals surface area contributed by atoms with Gasteiger partial charge in [0.2, 0.25) is 0 Å². The number of H-pyrrole nitrogens is 1. The molecule has 3 N–H and O–H groups in total. The Kier molecular flexibility index (Phi) is 3.03. The van der Waals surface area contributed by atoms with Gasteiger partial charge >= 0.3 is 0 Å². The average Bonchev–Trinajstić information content (AvgIpc) is 3.06. The molecular formula is C15H19N3O. The van der Waals surface area contributed by atoms with Crippen LogP contribution in [-0.4, -0.2) is 34.9 Å². The summed E-state index contributed by atoms with van der Waals surface area (Å²) in [6.07, 6.45) is 2.90. The number of likely N-dealkylation sites (tertiary alicyclic amines) is 1. The molecule has 2 heterocycles. The fourth-order valence-electron chi connectivity index (χ4n) is 2.76. The molecule has 2 aromatic rings. The molecule has 1 aliphatic heterocycles. The number of carbonyl (C=O) groups excluding carboxylic acids is 1. The minimum absolute atomic E-state index is 0.111. The Labute approximate surface area is 112 Å². The highest BCUT2D eigenvalue weighted by molar-refractivity contribution is 5.98. The predicted molar refractivity (Wildman–Crippen MR) is 76.0 cm³/mol. The normalized spacial score (nSPS) is 20.9. The monoisotopic (exact) mass is 257 g/mol. The summed E-state index contributed by atoms with van der Waals surface area (Å²) in [5.41, 5.74) is 7.67. The van der Waals surface area contributed by atoms with Crippen LogP contribution in [0.5, 0.6) is 0 Å². The van der Waals surface area contributed by atoms with Crippen molar-refractivity contribution in [1.29, 1.82) is 0 Å². The van der Waals surface area contributed by atoms with Gasteiger partial charge in [-0.15, -0.1) is 0 Å². The van der Waals surface area contributed by atoms with Gasteiger partial charge in [-0.05, 0) is 42.8 Å². The summed E-state index contributed by atoms with van der Waals surface area (Å²) in [6.45, 7) is 3.61. The van der Waals surface area contributed by atoms with Gasteiger partial charge in [-0.1, -0.05) is 6.07 Å². The third kappa shape index (κ3) is 2.24. The molecule has 100 valence electrons. The molecule has 1 aromatic heterocycles. The zero-order valence-corrected chi connectivity index (χ0v) is 11.1. The van der Waals surface area contributed by atoms with E-state index in [4.69, 9.17) is 5.73 Å². The van der Waals surface area contributed by atoms with Crippen molar-refractivity contribution < 1.29 is 4.79 Å². The molecule has 4 heteroatoms. The van der Waals surface area contributed by atoms with Crippen LogP contribution in [0.3, 0.4) is 0 Å². The van der Waals surface area contributed by atoms with Crippen molar-refractivity contribution in [3.63, 3.8) is 0 Å². The number of hydrogen-bond donors (Lipinski definition) is 2. The van der Waals surface area contributed by atoms with Crippen LogP contribution in [0.15, 0.2) is 30.5 Å². The second-order valence-electron chi connectivity index (χ2n) is 5.44. The van der Waals surface area contributed by atoms with Crippen molar-refractivity contribution in [2.45, 2.75) is 19.4 Å². The van der Waals surface area contributed by atoms with Crippen molar-refractivity contribution in [3.05, 3.63) is 36.0 Å². The minimum Gasteiger partial charge on any atom is -0.361 e. The Balaban J connectivity index is 1.80. The number of aromatic nitrogens is 1. The van der Waals surface area contributed by atoms with E-state index in [0.29, 0.717) is 5.92 Å². The molecule has 1 saturated heterocycles. The maximum absolute atomic E-state index is 12.5. The number of nitrogens with two attached hydrogens (primary N) is 1. The highest BCUT2D eigenvalue weighted by atomic mass is 16.2. The first kappa shape index (κ1) is 12.2. The van der Waals surface area contributed by atoms with E-state index >= 15 is 0 Å². The molecule has 0 radical (unpaired) electrons. The topological polar surface area (TPSA) is 62.1 Å². The summed E-state index contributed by atoms with van der Waals surface area (Å²) < 4.78 is 0. The Morgan fingerprint density at radius 1 is 1.47 bits per heavy atom. The van der Waals surface area contributed by atoms with E-state index in [-0.39, 0.29) is 11.9 Å². The van der Waals surface area contributed by atoms with Gasteiger partial charge in [-0.3, -0.25) is 4.79 Å². The van der Waals surface area contributed by atoms with Crippen molar-refractivity contribution in [3.8, 4) is 0 Å². The average molecular weight is 257 g/mol. The van der Waals surface area contributed by atoms with Crippen LogP contribution in [0.25, 0.3) is 10.9 Å². The number of nitrogens with zero attached hydrogens (tertiary/aromatic N) is 1. The molecule has 0 bridgehead atoms. The van der Waals surface area contributed by atoms with E-state index in [9.17, 15) is 4.79 Å². The summed E-state index contributed by atoms with van der Waals surface area (Å²) in [7, 11) is 0. The summed E-state index contributed by atoms with van der Waals surface area (Å²) in [5, 5.41) is 1.13. The van der Waals surface area contributed by atoms with E-state index in [2.05, 4.69) is 4.98 Å². The maximum atomic E-state index is 12.5. The van der Waals surface area contributed by atoms with Crippen LogP contribution >= 0.6 is 0 Å². The van der Waals surface area contributed by atoms with E-state index in [1.165, 1.54) is 0 Å². The predicted octanol–water partition coefficient (Wildman–Crippen LogP) is 1.98. The van der Waals surface area contributed by atoms with E-state index in [0.717, 1.165) is 36.0 Å². The van der Waals surface area contributed by atoms with Crippen LogP contribution < -0.4 is 5.73 Å². The van der Waals surface area contributed by atoms with Gasteiger partial charge in [0.25, 0.3) is 5.91 Å². The molecule has 2 unspecified atom stereocenters.